The second kappa shape index (κ2) is 10.7. The molecule has 8 nitrogen and oxygen atoms in total. The highest BCUT2D eigenvalue weighted by molar-refractivity contribution is 5.84. The van der Waals surface area contributed by atoms with Crippen LogP contribution in [0.25, 0.3) is 11.5 Å². The molecule has 34 heavy (non-hydrogen) atoms. The third-order valence-corrected chi connectivity index (χ3v) is 6.12. The van der Waals surface area contributed by atoms with Crippen LogP contribution < -0.4 is 9.80 Å². The highest BCUT2D eigenvalue weighted by atomic mass is 19.3. The van der Waals surface area contributed by atoms with Crippen molar-refractivity contribution in [2.24, 2.45) is 5.92 Å². The van der Waals surface area contributed by atoms with Gasteiger partial charge in [-0.3, -0.25) is 9.78 Å². The van der Waals surface area contributed by atoms with Gasteiger partial charge in [-0.1, -0.05) is 12.1 Å². The molecule has 0 aliphatic carbocycles. The number of aromatic nitrogens is 3. The smallest absolute Gasteiger partial charge is 0.314 e. The number of piperidine rings is 1. The molecule has 0 N–H and O–H groups in total. The Labute approximate surface area is 197 Å². The topological polar surface area (TPSA) is 78.6 Å². The largest absolute Gasteiger partial charge is 0.415 e. The van der Waals surface area contributed by atoms with Gasteiger partial charge in [0.05, 0.1) is 29.2 Å². The van der Waals surface area contributed by atoms with Gasteiger partial charge >= 0.3 is 6.43 Å². The van der Waals surface area contributed by atoms with Crippen molar-refractivity contribution in [1.29, 1.82) is 0 Å². The van der Waals surface area contributed by atoms with Crippen molar-refractivity contribution >= 4 is 17.8 Å². The number of alkyl halides is 2. The maximum absolute atomic E-state index is 12.7. The summed E-state index contributed by atoms with van der Waals surface area (Å²) in [5.74, 6) is -0.233. The lowest BCUT2D eigenvalue weighted by Gasteiger charge is -2.33. The summed E-state index contributed by atoms with van der Waals surface area (Å²) in [5.41, 5.74) is 3.02. The van der Waals surface area contributed by atoms with Crippen molar-refractivity contribution in [2.75, 3.05) is 43.5 Å². The highest BCUT2D eigenvalue weighted by Crippen LogP contribution is 2.31. The number of benzene rings is 1. The summed E-state index contributed by atoms with van der Waals surface area (Å²) in [6, 6.07) is 11.3. The fraction of sp³-hybridized carbons (Fsp3) is 0.417. The number of carbonyl (C=O) groups excluding carboxylic acids is 1. The number of anilines is 2. The Morgan fingerprint density at radius 1 is 1.15 bits per heavy atom. The van der Waals surface area contributed by atoms with Crippen LogP contribution in [0.15, 0.2) is 47.0 Å². The number of carbonyl (C=O) groups is 1. The quantitative estimate of drug-likeness (QED) is 0.437. The van der Waals surface area contributed by atoms with Crippen molar-refractivity contribution in [3.8, 4) is 11.5 Å². The number of para-hydroxylation sites is 2. The second-order valence-corrected chi connectivity index (χ2v) is 8.63. The molecular weight excluding hydrogens is 442 g/mol. The van der Waals surface area contributed by atoms with Gasteiger partial charge in [0.2, 0.25) is 12.3 Å². The van der Waals surface area contributed by atoms with Gasteiger partial charge in [0, 0.05) is 19.8 Å². The van der Waals surface area contributed by atoms with E-state index in [1.165, 1.54) is 6.20 Å². The van der Waals surface area contributed by atoms with Crippen LogP contribution in [-0.4, -0.2) is 60.2 Å². The van der Waals surface area contributed by atoms with Crippen LogP contribution in [0.5, 0.6) is 0 Å². The molecule has 0 saturated carbocycles. The van der Waals surface area contributed by atoms with Gasteiger partial charge in [-0.15, -0.1) is 10.2 Å². The Balaban J connectivity index is 1.45. The Morgan fingerprint density at radius 3 is 2.50 bits per heavy atom. The molecule has 1 amide bonds. The van der Waals surface area contributed by atoms with E-state index in [1.54, 1.807) is 17.0 Å². The van der Waals surface area contributed by atoms with Crippen LogP contribution in [0.3, 0.4) is 0 Å². The molecule has 0 bridgehead atoms. The van der Waals surface area contributed by atoms with Crippen LogP contribution in [-0.2, 0) is 11.3 Å². The monoisotopic (exact) mass is 470 g/mol. The number of hydrogen-bond acceptors (Lipinski definition) is 7. The van der Waals surface area contributed by atoms with E-state index in [-0.39, 0.29) is 5.89 Å². The van der Waals surface area contributed by atoms with E-state index in [0.29, 0.717) is 24.6 Å². The van der Waals surface area contributed by atoms with Crippen LogP contribution in [0.4, 0.5) is 20.2 Å². The molecule has 3 aromatic rings. The van der Waals surface area contributed by atoms with E-state index >= 15 is 0 Å². The average Bonchev–Trinajstić information content (AvgIpc) is 3.35. The maximum atomic E-state index is 12.7. The summed E-state index contributed by atoms with van der Waals surface area (Å²) < 4.78 is 30.3. The number of hydrogen-bond donors (Lipinski definition) is 0. The lowest BCUT2D eigenvalue weighted by molar-refractivity contribution is -0.107. The fourth-order valence-corrected chi connectivity index (χ4v) is 4.16. The van der Waals surface area contributed by atoms with Crippen molar-refractivity contribution in [3.63, 3.8) is 0 Å². The molecule has 1 fully saturated rings. The number of rotatable bonds is 9. The second-order valence-electron chi connectivity index (χ2n) is 8.63. The number of halogens is 2. The van der Waals surface area contributed by atoms with Gasteiger partial charge in [0.25, 0.3) is 5.89 Å². The predicted molar refractivity (Wildman–Crippen MR) is 125 cm³/mol. The van der Waals surface area contributed by atoms with Crippen LogP contribution >= 0.6 is 0 Å². The molecule has 10 heteroatoms. The van der Waals surface area contributed by atoms with E-state index < -0.39 is 12.3 Å². The first-order chi connectivity index (χ1) is 16.4. The third-order valence-electron chi connectivity index (χ3n) is 6.12. The molecule has 1 saturated heterocycles. The average molecular weight is 471 g/mol. The van der Waals surface area contributed by atoms with E-state index in [1.807, 2.05) is 36.2 Å². The molecule has 180 valence electrons. The Hall–Kier alpha value is -3.40. The standard InChI is InChI=1S/C24H28F2N6O2/c1-30-11-9-17(10-12-30)14-32(16-33)21-6-4-3-5-20(21)31(2)15-19-8-7-18(13-27-19)23-28-29-24(34-23)22(25)26/h3-8,13,16-17,22H,9-12,14-15H2,1-2H3. The Bertz CT molecular complexity index is 1080. The van der Waals surface area contributed by atoms with Crippen LogP contribution in [0.1, 0.15) is 30.9 Å². The summed E-state index contributed by atoms with van der Waals surface area (Å²) >= 11 is 0. The Morgan fingerprint density at radius 2 is 1.88 bits per heavy atom. The normalized spacial score (nSPS) is 15.0. The molecule has 1 aromatic carbocycles. The van der Waals surface area contributed by atoms with E-state index in [2.05, 4.69) is 27.1 Å². The number of likely N-dealkylation sites (tertiary alicyclic amines) is 1. The van der Waals surface area contributed by atoms with Gasteiger partial charge in [0.15, 0.2) is 0 Å². The molecule has 1 aliphatic rings. The summed E-state index contributed by atoms with van der Waals surface area (Å²) in [7, 11) is 4.07. The van der Waals surface area contributed by atoms with Crippen LogP contribution in [0.2, 0.25) is 0 Å². The molecule has 1 aliphatic heterocycles. The summed E-state index contributed by atoms with van der Waals surface area (Å²) in [5, 5.41) is 6.99. The van der Waals surface area contributed by atoms with E-state index in [0.717, 1.165) is 49.4 Å². The number of pyridine rings is 1. The fourth-order valence-electron chi connectivity index (χ4n) is 4.16. The van der Waals surface area contributed by atoms with Crippen molar-refractivity contribution in [1.82, 2.24) is 20.1 Å². The minimum Gasteiger partial charge on any atom is -0.415 e. The third kappa shape index (κ3) is 5.56. The summed E-state index contributed by atoms with van der Waals surface area (Å²) in [6.45, 7) is 3.28. The first kappa shape index (κ1) is 23.7. The van der Waals surface area contributed by atoms with Gasteiger partial charge in [0.1, 0.15) is 0 Å². The lowest BCUT2D eigenvalue weighted by Crippen LogP contribution is -2.37. The van der Waals surface area contributed by atoms with Gasteiger partial charge < -0.3 is 19.1 Å². The van der Waals surface area contributed by atoms with Crippen molar-refractivity contribution in [2.45, 2.75) is 25.8 Å². The number of nitrogens with zero attached hydrogens (tertiary/aromatic N) is 6. The Kier molecular flexibility index (Phi) is 7.46. The zero-order chi connectivity index (χ0) is 24.1. The molecule has 0 atom stereocenters. The molecule has 3 heterocycles. The van der Waals surface area contributed by atoms with E-state index in [9.17, 15) is 13.6 Å². The minimum absolute atomic E-state index is 0.00332. The van der Waals surface area contributed by atoms with E-state index in [4.69, 9.17) is 4.42 Å². The first-order valence-corrected chi connectivity index (χ1v) is 11.2. The SMILES string of the molecule is CN1CCC(CN(C=O)c2ccccc2N(C)Cc2ccc(-c3nnc(C(F)F)o3)cn2)CC1. The van der Waals surface area contributed by atoms with Gasteiger partial charge in [-0.05, 0) is 63.2 Å². The van der Waals surface area contributed by atoms with Gasteiger partial charge in [-0.25, -0.2) is 0 Å². The first-order valence-electron chi connectivity index (χ1n) is 11.2. The van der Waals surface area contributed by atoms with Gasteiger partial charge in [-0.2, -0.15) is 8.78 Å². The molecular formula is C24H28F2N6O2. The zero-order valence-corrected chi connectivity index (χ0v) is 19.3. The molecule has 2 aromatic heterocycles. The highest BCUT2D eigenvalue weighted by Gasteiger charge is 2.22. The predicted octanol–water partition coefficient (Wildman–Crippen LogP) is 4.01. The van der Waals surface area contributed by atoms with Crippen molar-refractivity contribution in [3.05, 3.63) is 54.2 Å². The summed E-state index contributed by atoms with van der Waals surface area (Å²) in [6.07, 6.45) is 1.78. The molecule has 0 radical (unpaired) electrons. The zero-order valence-electron chi connectivity index (χ0n) is 19.3. The summed E-state index contributed by atoms with van der Waals surface area (Å²) in [4.78, 5) is 22.6. The maximum Gasteiger partial charge on any atom is 0.314 e. The molecule has 0 spiro atoms. The molecule has 4 rings (SSSR count). The lowest BCUT2D eigenvalue weighted by atomic mass is 9.96. The molecule has 0 unspecified atom stereocenters. The number of amides is 1. The van der Waals surface area contributed by atoms with Crippen molar-refractivity contribution < 1.29 is 18.0 Å². The minimum atomic E-state index is -2.81. The van der Waals surface area contributed by atoms with Crippen LogP contribution in [0, 0.1) is 5.92 Å².